The van der Waals surface area contributed by atoms with Crippen molar-refractivity contribution in [3.63, 3.8) is 0 Å². The van der Waals surface area contributed by atoms with Crippen molar-refractivity contribution < 1.29 is 14.7 Å². The Kier molecular flexibility index (Phi) is 6.70. The quantitative estimate of drug-likeness (QED) is 0.311. The lowest BCUT2D eigenvalue weighted by Crippen LogP contribution is -2.27. The second-order valence-corrected chi connectivity index (χ2v) is 8.89. The van der Waals surface area contributed by atoms with Crippen molar-refractivity contribution in [1.29, 1.82) is 0 Å². The molecule has 32 heavy (non-hydrogen) atoms. The molecular formula is C25H17Cl2NO3S. The lowest BCUT2D eigenvalue weighted by molar-refractivity contribution is -0.123. The van der Waals surface area contributed by atoms with Crippen LogP contribution in [-0.4, -0.2) is 21.2 Å². The fraction of sp³-hybridized carbons (Fsp3) is 0.0400. The third-order valence-electron chi connectivity index (χ3n) is 4.80. The summed E-state index contributed by atoms with van der Waals surface area (Å²) in [6.07, 6.45) is 5.42. The zero-order valence-electron chi connectivity index (χ0n) is 16.7. The Labute approximate surface area is 199 Å². The number of phenols is 1. The number of amides is 2. The SMILES string of the molecule is O=C1S/C(=C\c2cc(/C=C/c3ccccc3)ccc2O)C(=O)N1Cc1ccc(Cl)c(Cl)c1. The Morgan fingerprint density at radius 3 is 2.38 bits per heavy atom. The van der Waals surface area contributed by atoms with Gasteiger partial charge >= 0.3 is 0 Å². The number of hydrogen-bond donors (Lipinski definition) is 1. The topological polar surface area (TPSA) is 57.6 Å². The molecule has 3 aromatic carbocycles. The normalized spacial score (nSPS) is 15.3. The van der Waals surface area contributed by atoms with Crippen LogP contribution in [0.3, 0.4) is 0 Å². The number of benzene rings is 3. The molecule has 0 unspecified atom stereocenters. The third kappa shape index (κ3) is 5.07. The van der Waals surface area contributed by atoms with E-state index in [-0.39, 0.29) is 22.4 Å². The van der Waals surface area contributed by atoms with Crippen LogP contribution in [0.1, 0.15) is 22.3 Å². The number of hydrogen-bond acceptors (Lipinski definition) is 4. The first-order chi connectivity index (χ1) is 15.4. The molecule has 7 heteroatoms. The summed E-state index contributed by atoms with van der Waals surface area (Å²) in [5.74, 6) is -0.395. The number of carbonyl (C=O) groups excluding carboxylic acids is 2. The monoisotopic (exact) mass is 481 g/mol. The molecule has 0 spiro atoms. The molecule has 2 amide bonds. The van der Waals surface area contributed by atoms with E-state index in [4.69, 9.17) is 23.2 Å². The first-order valence-electron chi connectivity index (χ1n) is 9.66. The Morgan fingerprint density at radius 1 is 0.875 bits per heavy atom. The van der Waals surface area contributed by atoms with Gasteiger partial charge in [-0.1, -0.05) is 77.8 Å². The molecule has 0 aromatic heterocycles. The molecule has 4 nitrogen and oxygen atoms in total. The number of phenolic OH excluding ortho intramolecular Hbond substituents is 1. The molecule has 0 radical (unpaired) electrons. The van der Waals surface area contributed by atoms with Crippen molar-refractivity contribution in [2.45, 2.75) is 6.54 Å². The Bertz CT molecular complexity index is 1260. The molecule has 4 rings (SSSR count). The molecule has 1 heterocycles. The summed E-state index contributed by atoms with van der Waals surface area (Å²) in [5, 5.41) is 10.7. The molecule has 0 saturated carbocycles. The second-order valence-electron chi connectivity index (χ2n) is 7.08. The smallest absolute Gasteiger partial charge is 0.293 e. The van der Waals surface area contributed by atoms with Gasteiger partial charge in [0.2, 0.25) is 0 Å². The van der Waals surface area contributed by atoms with Gasteiger partial charge in [-0.25, -0.2) is 0 Å². The zero-order valence-corrected chi connectivity index (χ0v) is 19.0. The van der Waals surface area contributed by atoms with E-state index in [1.165, 1.54) is 6.08 Å². The van der Waals surface area contributed by atoms with E-state index >= 15 is 0 Å². The average molecular weight is 482 g/mol. The predicted molar refractivity (Wildman–Crippen MR) is 131 cm³/mol. The van der Waals surface area contributed by atoms with Crippen LogP contribution >= 0.6 is 35.0 Å². The van der Waals surface area contributed by atoms with Crippen LogP contribution in [0, 0.1) is 0 Å². The van der Waals surface area contributed by atoms with E-state index < -0.39 is 5.91 Å². The van der Waals surface area contributed by atoms with Crippen molar-refractivity contribution in [1.82, 2.24) is 4.90 Å². The summed E-state index contributed by atoms with van der Waals surface area (Å²) in [6, 6.07) is 19.9. The number of aromatic hydroxyl groups is 1. The largest absolute Gasteiger partial charge is 0.507 e. The van der Waals surface area contributed by atoms with E-state index in [0.29, 0.717) is 21.2 Å². The maximum atomic E-state index is 12.8. The molecule has 1 saturated heterocycles. The number of imide groups is 1. The lowest BCUT2D eigenvalue weighted by Gasteiger charge is -2.13. The molecule has 1 fully saturated rings. The van der Waals surface area contributed by atoms with E-state index in [0.717, 1.165) is 27.8 Å². The summed E-state index contributed by atoms with van der Waals surface area (Å²) < 4.78 is 0. The fourth-order valence-electron chi connectivity index (χ4n) is 3.15. The van der Waals surface area contributed by atoms with Crippen LogP contribution in [0.2, 0.25) is 10.0 Å². The third-order valence-corrected chi connectivity index (χ3v) is 6.45. The molecule has 1 N–H and O–H groups in total. The minimum Gasteiger partial charge on any atom is -0.507 e. The van der Waals surface area contributed by atoms with Crippen LogP contribution in [0.4, 0.5) is 4.79 Å². The lowest BCUT2D eigenvalue weighted by atomic mass is 10.1. The van der Waals surface area contributed by atoms with Gasteiger partial charge in [0.15, 0.2) is 0 Å². The van der Waals surface area contributed by atoms with Gasteiger partial charge in [0.05, 0.1) is 21.5 Å². The van der Waals surface area contributed by atoms with Crippen LogP contribution in [0.15, 0.2) is 71.6 Å². The van der Waals surface area contributed by atoms with E-state index in [1.807, 2.05) is 42.5 Å². The average Bonchev–Trinajstić information content (AvgIpc) is 3.05. The van der Waals surface area contributed by atoms with Crippen LogP contribution in [-0.2, 0) is 11.3 Å². The second kappa shape index (κ2) is 9.65. The van der Waals surface area contributed by atoms with Gasteiger partial charge in [-0.3, -0.25) is 14.5 Å². The summed E-state index contributed by atoms with van der Waals surface area (Å²) in [4.78, 5) is 26.7. The minimum atomic E-state index is -0.421. The maximum Gasteiger partial charge on any atom is 0.293 e. The Hall–Kier alpha value is -2.99. The van der Waals surface area contributed by atoms with Gasteiger partial charge in [-0.2, -0.15) is 0 Å². The molecule has 1 aliphatic rings. The molecule has 0 atom stereocenters. The van der Waals surface area contributed by atoms with Crippen molar-refractivity contribution >= 4 is 64.3 Å². The van der Waals surface area contributed by atoms with E-state index in [1.54, 1.807) is 36.4 Å². The molecular weight excluding hydrogens is 465 g/mol. The first-order valence-corrected chi connectivity index (χ1v) is 11.2. The van der Waals surface area contributed by atoms with Gasteiger partial charge < -0.3 is 5.11 Å². The summed E-state index contributed by atoms with van der Waals surface area (Å²) in [7, 11) is 0. The Balaban J connectivity index is 1.55. The number of nitrogens with zero attached hydrogens (tertiary/aromatic N) is 1. The number of thioether (sulfide) groups is 1. The molecule has 0 aliphatic carbocycles. The van der Waals surface area contributed by atoms with Crippen LogP contribution in [0.5, 0.6) is 5.75 Å². The van der Waals surface area contributed by atoms with Gasteiger partial charge in [0, 0.05) is 5.56 Å². The number of halogens is 2. The molecule has 1 aliphatic heterocycles. The molecule has 160 valence electrons. The summed E-state index contributed by atoms with van der Waals surface area (Å²) >= 11 is 12.8. The fourth-order valence-corrected chi connectivity index (χ4v) is 4.30. The maximum absolute atomic E-state index is 12.8. The standard InChI is InChI=1S/C25H17Cl2NO3S/c26-20-10-8-18(13-21(20)27)15-28-24(30)23(32-25(28)31)14-19-12-17(9-11-22(19)29)7-6-16-4-2-1-3-5-16/h1-14,29H,15H2/b7-6+,23-14-. The minimum absolute atomic E-state index is 0.0261. The van der Waals surface area contributed by atoms with E-state index in [2.05, 4.69) is 0 Å². The van der Waals surface area contributed by atoms with E-state index in [9.17, 15) is 14.7 Å². The number of rotatable bonds is 5. The van der Waals surface area contributed by atoms with Gasteiger partial charge in [0.25, 0.3) is 11.1 Å². The van der Waals surface area contributed by atoms with Crippen molar-refractivity contribution in [2.75, 3.05) is 0 Å². The zero-order chi connectivity index (χ0) is 22.7. The van der Waals surface area contributed by atoms with Gasteiger partial charge in [-0.15, -0.1) is 0 Å². The highest BCUT2D eigenvalue weighted by Crippen LogP contribution is 2.35. The first kappa shape index (κ1) is 22.2. The summed E-state index contributed by atoms with van der Waals surface area (Å²) in [6.45, 7) is 0.0880. The highest BCUT2D eigenvalue weighted by Gasteiger charge is 2.35. The highest BCUT2D eigenvalue weighted by atomic mass is 35.5. The van der Waals surface area contributed by atoms with Gasteiger partial charge in [0.1, 0.15) is 5.75 Å². The van der Waals surface area contributed by atoms with Crippen molar-refractivity contribution in [3.8, 4) is 5.75 Å². The van der Waals surface area contributed by atoms with Crippen LogP contribution in [0.25, 0.3) is 18.2 Å². The predicted octanol–water partition coefficient (Wildman–Crippen LogP) is 7.11. The van der Waals surface area contributed by atoms with Crippen LogP contribution < -0.4 is 0 Å². The van der Waals surface area contributed by atoms with Crippen molar-refractivity contribution in [2.24, 2.45) is 0 Å². The molecule has 3 aromatic rings. The Morgan fingerprint density at radius 2 is 1.62 bits per heavy atom. The van der Waals surface area contributed by atoms with Crippen molar-refractivity contribution in [3.05, 3.63) is 104 Å². The summed E-state index contributed by atoms with van der Waals surface area (Å²) in [5.41, 5.74) is 3.05. The molecule has 0 bridgehead atoms. The highest BCUT2D eigenvalue weighted by molar-refractivity contribution is 8.18. The van der Waals surface area contributed by atoms with Gasteiger partial charge in [-0.05, 0) is 58.8 Å². The number of carbonyl (C=O) groups is 2.